The average Bonchev–Trinajstić information content (AvgIpc) is 2.14. The Morgan fingerprint density at radius 3 is 2.24 bits per heavy atom. The Morgan fingerprint density at radius 1 is 1.24 bits per heavy atom. The quantitative estimate of drug-likeness (QED) is 0.841. The number of carbonyl (C=O) groups is 1. The SMILES string of the molecule is Cc1cc(C)cc(NC(=O)CC(N)C(C)C)c1. The smallest absolute Gasteiger partial charge is 0.225 e. The molecule has 0 aliphatic heterocycles. The number of hydrogen-bond acceptors (Lipinski definition) is 2. The maximum absolute atomic E-state index is 11.8. The third kappa shape index (κ3) is 4.57. The second-order valence-electron chi connectivity index (χ2n) is 5.04. The molecule has 0 radical (unpaired) electrons. The maximum atomic E-state index is 11.8. The predicted octanol–water partition coefficient (Wildman–Crippen LogP) is 2.62. The molecule has 3 heteroatoms. The molecular weight excluding hydrogens is 212 g/mol. The molecule has 0 aliphatic rings. The van der Waals surface area contributed by atoms with Crippen molar-refractivity contribution in [3.8, 4) is 0 Å². The van der Waals surface area contributed by atoms with Crippen molar-refractivity contribution < 1.29 is 4.79 Å². The van der Waals surface area contributed by atoms with Gasteiger partial charge in [0.2, 0.25) is 5.91 Å². The number of aryl methyl sites for hydroxylation is 2. The van der Waals surface area contributed by atoms with Crippen LogP contribution in [-0.4, -0.2) is 11.9 Å². The maximum Gasteiger partial charge on any atom is 0.225 e. The Hall–Kier alpha value is -1.35. The molecule has 0 bridgehead atoms. The normalized spacial score (nSPS) is 12.6. The van der Waals surface area contributed by atoms with Gasteiger partial charge in [0.1, 0.15) is 0 Å². The van der Waals surface area contributed by atoms with Gasteiger partial charge >= 0.3 is 0 Å². The Bertz CT molecular complexity index is 379. The van der Waals surface area contributed by atoms with E-state index >= 15 is 0 Å². The van der Waals surface area contributed by atoms with Gasteiger partial charge in [-0.25, -0.2) is 0 Å². The highest BCUT2D eigenvalue weighted by Gasteiger charge is 2.13. The van der Waals surface area contributed by atoms with E-state index in [4.69, 9.17) is 5.73 Å². The summed E-state index contributed by atoms with van der Waals surface area (Å²) in [6.45, 7) is 8.08. The number of rotatable bonds is 4. The molecule has 1 unspecified atom stereocenters. The van der Waals surface area contributed by atoms with E-state index < -0.39 is 0 Å². The van der Waals surface area contributed by atoms with Crippen molar-refractivity contribution >= 4 is 11.6 Å². The molecule has 17 heavy (non-hydrogen) atoms. The Balaban J connectivity index is 2.62. The summed E-state index contributed by atoms with van der Waals surface area (Å²) >= 11 is 0. The lowest BCUT2D eigenvalue weighted by Gasteiger charge is -2.15. The second kappa shape index (κ2) is 5.82. The molecule has 0 saturated heterocycles. The van der Waals surface area contributed by atoms with Crippen molar-refractivity contribution in [3.05, 3.63) is 29.3 Å². The van der Waals surface area contributed by atoms with E-state index in [0.29, 0.717) is 12.3 Å². The zero-order valence-corrected chi connectivity index (χ0v) is 11.1. The minimum Gasteiger partial charge on any atom is -0.327 e. The Labute approximate surface area is 103 Å². The van der Waals surface area contributed by atoms with Gasteiger partial charge in [-0.1, -0.05) is 19.9 Å². The minimum atomic E-state index is -0.0825. The highest BCUT2D eigenvalue weighted by atomic mass is 16.1. The third-order valence-electron chi connectivity index (χ3n) is 2.78. The van der Waals surface area contributed by atoms with Gasteiger partial charge in [-0.15, -0.1) is 0 Å². The second-order valence-corrected chi connectivity index (χ2v) is 5.04. The molecule has 1 atom stereocenters. The van der Waals surface area contributed by atoms with E-state index in [0.717, 1.165) is 16.8 Å². The van der Waals surface area contributed by atoms with E-state index in [-0.39, 0.29) is 11.9 Å². The number of hydrogen-bond donors (Lipinski definition) is 2. The fourth-order valence-corrected chi connectivity index (χ4v) is 1.71. The molecule has 94 valence electrons. The van der Waals surface area contributed by atoms with Crippen molar-refractivity contribution in [1.82, 2.24) is 0 Å². The van der Waals surface area contributed by atoms with Gasteiger partial charge in [0, 0.05) is 18.2 Å². The van der Waals surface area contributed by atoms with Crippen LogP contribution in [0.2, 0.25) is 0 Å². The van der Waals surface area contributed by atoms with Crippen LogP contribution in [0.25, 0.3) is 0 Å². The molecule has 1 amide bonds. The molecule has 0 saturated carbocycles. The molecule has 0 aliphatic carbocycles. The molecule has 1 aromatic rings. The first-order valence-electron chi connectivity index (χ1n) is 6.02. The van der Waals surface area contributed by atoms with Gasteiger partial charge in [-0.05, 0) is 43.0 Å². The fourth-order valence-electron chi connectivity index (χ4n) is 1.71. The summed E-state index contributed by atoms with van der Waals surface area (Å²) in [5.41, 5.74) is 9.01. The molecule has 0 aromatic heterocycles. The Kier molecular flexibility index (Phi) is 4.70. The summed E-state index contributed by atoms with van der Waals surface area (Å²) in [7, 11) is 0. The van der Waals surface area contributed by atoms with Crippen LogP contribution >= 0.6 is 0 Å². The number of nitrogens with one attached hydrogen (secondary N) is 1. The van der Waals surface area contributed by atoms with Crippen LogP contribution in [0.3, 0.4) is 0 Å². The topological polar surface area (TPSA) is 55.1 Å². The first-order chi connectivity index (χ1) is 7.88. The van der Waals surface area contributed by atoms with Crippen LogP contribution in [0, 0.1) is 19.8 Å². The van der Waals surface area contributed by atoms with E-state index in [2.05, 4.69) is 11.4 Å². The number of carbonyl (C=O) groups excluding carboxylic acids is 1. The van der Waals surface area contributed by atoms with Gasteiger partial charge in [0.05, 0.1) is 0 Å². The lowest BCUT2D eigenvalue weighted by Crippen LogP contribution is -2.31. The summed E-state index contributed by atoms with van der Waals surface area (Å²) in [5.74, 6) is 0.302. The standard InChI is InChI=1S/C14H22N2O/c1-9(2)13(15)8-14(17)16-12-6-10(3)5-11(4)7-12/h5-7,9,13H,8,15H2,1-4H3,(H,16,17). The zero-order valence-electron chi connectivity index (χ0n) is 11.1. The Morgan fingerprint density at radius 2 is 1.76 bits per heavy atom. The summed E-state index contributed by atoms with van der Waals surface area (Å²) in [5, 5.41) is 2.89. The van der Waals surface area contributed by atoms with E-state index in [1.165, 1.54) is 0 Å². The molecule has 1 rings (SSSR count). The largest absolute Gasteiger partial charge is 0.327 e. The number of benzene rings is 1. The first-order valence-corrected chi connectivity index (χ1v) is 6.02. The summed E-state index contributed by atoms with van der Waals surface area (Å²) in [4.78, 5) is 11.8. The van der Waals surface area contributed by atoms with Gasteiger partial charge < -0.3 is 11.1 Å². The highest BCUT2D eigenvalue weighted by Crippen LogP contribution is 2.14. The van der Waals surface area contributed by atoms with Crippen LogP contribution in [0.5, 0.6) is 0 Å². The zero-order chi connectivity index (χ0) is 13.0. The van der Waals surface area contributed by atoms with Crippen LogP contribution in [-0.2, 0) is 4.79 Å². The third-order valence-corrected chi connectivity index (χ3v) is 2.78. The van der Waals surface area contributed by atoms with Gasteiger partial charge in [-0.3, -0.25) is 4.79 Å². The number of nitrogens with two attached hydrogens (primary N) is 1. The predicted molar refractivity (Wildman–Crippen MR) is 72.0 cm³/mol. The lowest BCUT2D eigenvalue weighted by atomic mass is 10.0. The molecule has 0 spiro atoms. The molecule has 0 fully saturated rings. The van der Waals surface area contributed by atoms with Crippen LogP contribution < -0.4 is 11.1 Å². The van der Waals surface area contributed by atoms with Crippen LogP contribution in [0.4, 0.5) is 5.69 Å². The van der Waals surface area contributed by atoms with Crippen LogP contribution in [0.15, 0.2) is 18.2 Å². The van der Waals surface area contributed by atoms with Gasteiger partial charge in [-0.2, -0.15) is 0 Å². The van der Waals surface area contributed by atoms with E-state index in [1.54, 1.807) is 0 Å². The van der Waals surface area contributed by atoms with Crippen molar-refractivity contribution in [2.75, 3.05) is 5.32 Å². The average molecular weight is 234 g/mol. The van der Waals surface area contributed by atoms with E-state index in [9.17, 15) is 4.79 Å². The summed E-state index contributed by atoms with van der Waals surface area (Å²) in [6.07, 6.45) is 0.366. The first kappa shape index (κ1) is 13.7. The lowest BCUT2D eigenvalue weighted by molar-refractivity contribution is -0.116. The van der Waals surface area contributed by atoms with Crippen molar-refractivity contribution in [3.63, 3.8) is 0 Å². The van der Waals surface area contributed by atoms with Crippen molar-refractivity contribution in [2.24, 2.45) is 11.7 Å². The monoisotopic (exact) mass is 234 g/mol. The molecule has 0 heterocycles. The van der Waals surface area contributed by atoms with Gasteiger partial charge in [0.25, 0.3) is 0 Å². The highest BCUT2D eigenvalue weighted by molar-refractivity contribution is 5.91. The molecule has 3 nitrogen and oxygen atoms in total. The molecule has 1 aromatic carbocycles. The van der Waals surface area contributed by atoms with E-state index in [1.807, 2.05) is 39.8 Å². The van der Waals surface area contributed by atoms with Crippen molar-refractivity contribution in [1.29, 1.82) is 0 Å². The minimum absolute atomic E-state index is 0.0174. The summed E-state index contributed by atoms with van der Waals surface area (Å²) < 4.78 is 0. The molecular formula is C14H22N2O. The molecule has 3 N–H and O–H groups in total. The number of amides is 1. The number of anilines is 1. The fraction of sp³-hybridized carbons (Fsp3) is 0.500. The summed E-state index contributed by atoms with van der Waals surface area (Å²) in [6, 6.07) is 5.92. The van der Waals surface area contributed by atoms with Gasteiger partial charge in [0.15, 0.2) is 0 Å². The van der Waals surface area contributed by atoms with Crippen LogP contribution in [0.1, 0.15) is 31.4 Å². The van der Waals surface area contributed by atoms with Crippen molar-refractivity contribution in [2.45, 2.75) is 40.2 Å².